The molecular formula is C25H30FN3O5. The largest absolute Gasteiger partial charge is 0.466 e. The van der Waals surface area contributed by atoms with Crippen LogP contribution in [0.25, 0.3) is 5.69 Å². The molecule has 9 heteroatoms. The molecule has 0 unspecified atom stereocenters. The number of benzene rings is 1. The fourth-order valence-electron chi connectivity index (χ4n) is 4.68. The van der Waals surface area contributed by atoms with Crippen molar-refractivity contribution in [1.82, 2.24) is 14.7 Å². The minimum absolute atomic E-state index is 0.205. The lowest BCUT2D eigenvalue weighted by atomic mass is 9.95. The van der Waals surface area contributed by atoms with Crippen molar-refractivity contribution in [3.05, 3.63) is 47.0 Å². The van der Waals surface area contributed by atoms with E-state index in [4.69, 9.17) is 9.47 Å². The van der Waals surface area contributed by atoms with Crippen molar-refractivity contribution in [1.29, 1.82) is 0 Å². The van der Waals surface area contributed by atoms with Crippen molar-refractivity contribution in [2.24, 2.45) is 5.92 Å². The lowest BCUT2D eigenvalue weighted by molar-refractivity contribution is -0.152. The first kappa shape index (κ1) is 23.9. The molecule has 1 fully saturated rings. The molecule has 1 aromatic carbocycles. The summed E-state index contributed by atoms with van der Waals surface area (Å²) in [5, 5.41) is 4.51. The van der Waals surface area contributed by atoms with E-state index in [2.05, 4.69) is 5.10 Å². The fourth-order valence-corrected chi connectivity index (χ4v) is 4.68. The molecule has 1 saturated heterocycles. The highest BCUT2D eigenvalue weighted by Gasteiger charge is 2.33. The number of ether oxygens (including phenoxy) is 2. The number of piperidine rings is 1. The Morgan fingerprint density at radius 1 is 1.12 bits per heavy atom. The summed E-state index contributed by atoms with van der Waals surface area (Å²) in [6.07, 6.45) is 3.46. The van der Waals surface area contributed by atoms with Crippen LogP contribution in [0, 0.1) is 11.7 Å². The third-order valence-corrected chi connectivity index (χ3v) is 6.50. The third-order valence-electron chi connectivity index (χ3n) is 6.50. The van der Waals surface area contributed by atoms with E-state index in [1.165, 1.54) is 12.1 Å². The van der Waals surface area contributed by atoms with Crippen molar-refractivity contribution in [2.45, 2.75) is 58.5 Å². The number of hydrogen-bond acceptors (Lipinski definition) is 6. The Labute approximate surface area is 198 Å². The number of aromatic nitrogens is 2. The summed E-state index contributed by atoms with van der Waals surface area (Å²) in [5.41, 5.74) is 2.63. The first-order chi connectivity index (χ1) is 16.4. The monoisotopic (exact) mass is 471 g/mol. The van der Waals surface area contributed by atoms with Gasteiger partial charge in [0, 0.05) is 24.3 Å². The normalized spacial score (nSPS) is 17.1. The van der Waals surface area contributed by atoms with Crippen LogP contribution in [-0.4, -0.2) is 58.3 Å². The Balaban J connectivity index is 1.44. The van der Waals surface area contributed by atoms with Crippen molar-refractivity contribution in [2.75, 3.05) is 19.7 Å². The lowest BCUT2D eigenvalue weighted by Gasteiger charge is -2.32. The maximum Gasteiger partial charge on any atom is 0.359 e. The SMILES string of the molecule is CCOC(=O)C1CCN(C(=O)[C@H](C)OC(=O)c2nn(-c3ccc(F)cc3)c3c2CCCC3)CC1. The molecule has 1 aliphatic heterocycles. The molecule has 2 heterocycles. The molecule has 1 aliphatic carbocycles. The van der Waals surface area contributed by atoms with Gasteiger partial charge in [-0.3, -0.25) is 9.59 Å². The molecule has 1 amide bonds. The molecular weight excluding hydrogens is 441 g/mol. The van der Waals surface area contributed by atoms with Crippen LogP contribution in [0.3, 0.4) is 0 Å². The second kappa shape index (κ2) is 10.4. The second-order valence-electron chi connectivity index (χ2n) is 8.77. The quantitative estimate of drug-likeness (QED) is 0.601. The molecule has 34 heavy (non-hydrogen) atoms. The van der Waals surface area contributed by atoms with Crippen molar-refractivity contribution < 1.29 is 28.2 Å². The summed E-state index contributed by atoms with van der Waals surface area (Å²) in [4.78, 5) is 39.5. The van der Waals surface area contributed by atoms with Gasteiger partial charge in [0.15, 0.2) is 11.8 Å². The average molecular weight is 472 g/mol. The Bertz CT molecular complexity index is 1060. The number of nitrogens with zero attached hydrogens (tertiary/aromatic N) is 3. The highest BCUT2D eigenvalue weighted by molar-refractivity contribution is 5.92. The zero-order valence-corrected chi connectivity index (χ0v) is 19.6. The zero-order valence-electron chi connectivity index (χ0n) is 19.6. The molecule has 0 radical (unpaired) electrons. The summed E-state index contributed by atoms with van der Waals surface area (Å²) < 4.78 is 25.7. The number of rotatable bonds is 6. The highest BCUT2D eigenvalue weighted by Crippen LogP contribution is 2.28. The predicted molar refractivity (Wildman–Crippen MR) is 121 cm³/mol. The van der Waals surface area contributed by atoms with Crippen LogP contribution < -0.4 is 0 Å². The Kier molecular flexibility index (Phi) is 7.29. The smallest absolute Gasteiger partial charge is 0.359 e. The van der Waals surface area contributed by atoms with Gasteiger partial charge in [-0.05, 0) is 76.6 Å². The predicted octanol–water partition coefficient (Wildman–Crippen LogP) is 3.24. The molecule has 182 valence electrons. The van der Waals surface area contributed by atoms with Crippen molar-refractivity contribution in [3.63, 3.8) is 0 Å². The van der Waals surface area contributed by atoms with Gasteiger partial charge in [-0.1, -0.05) is 0 Å². The van der Waals surface area contributed by atoms with Gasteiger partial charge in [-0.2, -0.15) is 5.10 Å². The Hall–Kier alpha value is -3.23. The molecule has 2 aromatic rings. The van der Waals surface area contributed by atoms with Gasteiger partial charge in [-0.15, -0.1) is 0 Å². The van der Waals surface area contributed by atoms with Gasteiger partial charge in [0.2, 0.25) is 0 Å². The number of fused-ring (bicyclic) bond motifs is 1. The summed E-state index contributed by atoms with van der Waals surface area (Å²) in [7, 11) is 0. The molecule has 4 rings (SSSR count). The van der Waals surface area contributed by atoms with Crippen molar-refractivity contribution >= 4 is 17.8 Å². The minimum atomic E-state index is -0.971. The lowest BCUT2D eigenvalue weighted by Crippen LogP contribution is -2.45. The molecule has 2 aliphatic rings. The van der Waals surface area contributed by atoms with Crippen LogP contribution in [0.4, 0.5) is 4.39 Å². The highest BCUT2D eigenvalue weighted by atomic mass is 19.1. The summed E-state index contributed by atoms with van der Waals surface area (Å²) in [5.74, 6) is -1.70. The van der Waals surface area contributed by atoms with Gasteiger partial charge in [-0.25, -0.2) is 13.9 Å². The van der Waals surface area contributed by atoms with Crippen LogP contribution in [0.1, 0.15) is 61.3 Å². The van der Waals surface area contributed by atoms with Gasteiger partial charge in [0.25, 0.3) is 5.91 Å². The van der Waals surface area contributed by atoms with Crippen LogP contribution in [0.15, 0.2) is 24.3 Å². The molecule has 0 saturated carbocycles. The number of halogens is 1. The van der Waals surface area contributed by atoms with Gasteiger partial charge >= 0.3 is 11.9 Å². The topological polar surface area (TPSA) is 90.7 Å². The number of hydrogen-bond donors (Lipinski definition) is 0. The van der Waals surface area contributed by atoms with E-state index in [0.717, 1.165) is 30.5 Å². The number of likely N-dealkylation sites (tertiary alicyclic amines) is 1. The van der Waals surface area contributed by atoms with Crippen LogP contribution in [0.5, 0.6) is 0 Å². The molecule has 0 spiro atoms. The van der Waals surface area contributed by atoms with Gasteiger partial charge < -0.3 is 14.4 Å². The minimum Gasteiger partial charge on any atom is -0.466 e. The molecule has 1 aromatic heterocycles. The first-order valence-corrected chi connectivity index (χ1v) is 11.9. The van der Waals surface area contributed by atoms with Crippen molar-refractivity contribution in [3.8, 4) is 5.69 Å². The molecule has 0 N–H and O–H groups in total. The standard InChI is InChI=1S/C25H30FN3O5/c1-3-33-24(31)17-12-14-28(15-13-17)23(30)16(2)34-25(32)22-20-6-4-5-7-21(20)29(27-22)19-10-8-18(26)9-11-19/h8-11,16-17H,3-7,12-15H2,1-2H3/t16-/m0/s1. The zero-order chi connectivity index (χ0) is 24.2. The van der Waals surface area contributed by atoms with Gasteiger partial charge in [0.05, 0.1) is 18.2 Å². The average Bonchev–Trinajstić information content (AvgIpc) is 3.24. The maximum atomic E-state index is 13.4. The molecule has 1 atom stereocenters. The van der Waals surface area contributed by atoms with E-state index >= 15 is 0 Å². The summed E-state index contributed by atoms with van der Waals surface area (Å²) in [6, 6.07) is 5.96. The van der Waals surface area contributed by atoms with Crippen LogP contribution >= 0.6 is 0 Å². The van der Waals surface area contributed by atoms with Crippen LogP contribution in [0.2, 0.25) is 0 Å². The van der Waals surface area contributed by atoms with E-state index in [-0.39, 0.29) is 29.3 Å². The van der Waals surface area contributed by atoms with E-state index < -0.39 is 12.1 Å². The summed E-state index contributed by atoms with van der Waals surface area (Å²) >= 11 is 0. The molecule has 0 bridgehead atoms. The van der Waals surface area contributed by atoms with Crippen LogP contribution in [-0.2, 0) is 31.9 Å². The Morgan fingerprint density at radius 2 is 1.79 bits per heavy atom. The number of carbonyl (C=O) groups is 3. The van der Waals surface area contributed by atoms with E-state index in [9.17, 15) is 18.8 Å². The van der Waals surface area contributed by atoms with Gasteiger partial charge in [0.1, 0.15) is 5.82 Å². The van der Waals surface area contributed by atoms with E-state index in [0.29, 0.717) is 44.6 Å². The number of esters is 2. The van der Waals surface area contributed by atoms with E-state index in [1.807, 2.05) is 0 Å². The second-order valence-corrected chi connectivity index (χ2v) is 8.77. The number of carbonyl (C=O) groups excluding carboxylic acids is 3. The number of amides is 1. The maximum absolute atomic E-state index is 13.4. The van der Waals surface area contributed by atoms with E-state index in [1.54, 1.807) is 35.6 Å². The molecule has 8 nitrogen and oxygen atoms in total. The Morgan fingerprint density at radius 3 is 2.47 bits per heavy atom. The fraction of sp³-hybridized carbons (Fsp3) is 0.520. The third kappa shape index (κ3) is 4.98. The first-order valence-electron chi connectivity index (χ1n) is 11.9. The summed E-state index contributed by atoms with van der Waals surface area (Å²) in [6.45, 7) is 4.50.